The van der Waals surface area contributed by atoms with Crippen LogP contribution in [0.25, 0.3) is 10.9 Å². The van der Waals surface area contributed by atoms with Crippen LogP contribution in [0, 0.1) is 0 Å². The van der Waals surface area contributed by atoms with E-state index in [-0.39, 0.29) is 16.4 Å². The van der Waals surface area contributed by atoms with Crippen LogP contribution >= 0.6 is 11.8 Å². The molecule has 0 saturated carbocycles. The lowest BCUT2D eigenvalue weighted by Gasteiger charge is -2.11. The maximum Gasteiger partial charge on any atom is 0.286 e. The monoisotopic (exact) mass is 396 g/mol. The van der Waals surface area contributed by atoms with Crippen molar-refractivity contribution in [3.05, 3.63) is 59.8 Å². The van der Waals surface area contributed by atoms with E-state index >= 15 is 0 Å². The summed E-state index contributed by atoms with van der Waals surface area (Å²) in [6.45, 7) is 0.664. The van der Waals surface area contributed by atoms with Crippen LogP contribution in [0.3, 0.4) is 0 Å². The predicted molar refractivity (Wildman–Crippen MR) is 109 cm³/mol. The molecule has 1 aliphatic rings. The van der Waals surface area contributed by atoms with Gasteiger partial charge in [-0.15, -0.1) is 0 Å². The van der Waals surface area contributed by atoms with Crippen molar-refractivity contribution in [3.8, 4) is 11.5 Å². The fourth-order valence-corrected chi connectivity index (χ4v) is 4.33. The lowest BCUT2D eigenvalue weighted by Crippen LogP contribution is -2.25. The molecule has 0 aliphatic carbocycles. The molecule has 3 aromatic rings. The number of aromatic nitrogens is 1. The number of rotatable bonds is 6. The Balaban J connectivity index is 1.63. The van der Waals surface area contributed by atoms with Gasteiger partial charge in [0.05, 0.1) is 19.5 Å². The molecule has 1 unspecified atom stereocenters. The van der Waals surface area contributed by atoms with Crippen LogP contribution in [-0.4, -0.2) is 35.2 Å². The first-order valence-corrected chi connectivity index (χ1v) is 9.75. The highest BCUT2D eigenvalue weighted by atomic mass is 32.2. The highest BCUT2D eigenvalue weighted by molar-refractivity contribution is 8.15. The smallest absolute Gasteiger partial charge is 0.286 e. The van der Waals surface area contributed by atoms with E-state index in [2.05, 4.69) is 22.0 Å². The van der Waals surface area contributed by atoms with Crippen molar-refractivity contribution in [1.29, 1.82) is 0 Å². The van der Waals surface area contributed by atoms with Gasteiger partial charge in [-0.05, 0) is 41.8 Å². The van der Waals surface area contributed by atoms with Crippen LogP contribution in [0.4, 0.5) is 4.79 Å². The van der Waals surface area contributed by atoms with Crippen molar-refractivity contribution in [1.82, 2.24) is 9.88 Å². The average molecular weight is 396 g/mol. The Kier molecular flexibility index (Phi) is 5.00. The van der Waals surface area contributed by atoms with Gasteiger partial charge in [-0.1, -0.05) is 23.9 Å². The summed E-state index contributed by atoms with van der Waals surface area (Å²) in [6, 6.07) is 13.9. The van der Waals surface area contributed by atoms with Gasteiger partial charge in [0.15, 0.2) is 0 Å². The number of ether oxygens (including phenoxy) is 2. The number of amides is 2. The fraction of sp³-hybridized carbons (Fsp3) is 0.238. The Bertz CT molecular complexity index is 1040. The first kappa shape index (κ1) is 18.4. The topological polar surface area (TPSA) is 69.6 Å². The molecule has 1 N–H and O–H groups in total. The number of imide groups is 1. The molecular formula is C21H20N2O4S. The summed E-state index contributed by atoms with van der Waals surface area (Å²) in [5.74, 6) is 1.29. The number of methoxy groups -OCH3 is 2. The highest BCUT2D eigenvalue weighted by Crippen LogP contribution is 2.29. The largest absolute Gasteiger partial charge is 0.497 e. The third-order valence-corrected chi connectivity index (χ3v) is 5.82. The van der Waals surface area contributed by atoms with Crippen LogP contribution in [0.1, 0.15) is 11.1 Å². The molecule has 0 spiro atoms. The number of hydrogen-bond donors (Lipinski definition) is 1. The molecule has 2 heterocycles. The Morgan fingerprint density at radius 1 is 1.07 bits per heavy atom. The number of carbonyl (C=O) groups is 2. The Hall–Kier alpha value is -2.93. The quantitative estimate of drug-likeness (QED) is 0.689. The first-order valence-electron chi connectivity index (χ1n) is 8.87. The summed E-state index contributed by atoms with van der Waals surface area (Å²) < 4.78 is 12.9. The van der Waals surface area contributed by atoms with E-state index < -0.39 is 0 Å². The van der Waals surface area contributed by atoms with Gasteiger partial charge in [0.1, 0.15) is 11.5 Å². The number of hydrogen-bond acceptors (Lipinski definition) is 5. The van der Waals surface area contributed by atoms with E-state index in [1.165, 1.54) is 0 Å². The molecule has 144 valence electrons. The zero-order valence-electron chi connectivity index (χ0n) is 15.6. The predicted octanol–water partition coefficient (Wildman–Crippen LogP) is 3.60. The lowest BCUT2D eigenvalue weighted by atomic mass is 10.0. The number of fused-ring (bicyclic) bond motifs is 1. The second-order valence-corrected chi connectivity index (χ2v) is 7.78. The summed E-state index contributed by atoms with van der Waals surface area (Å²) in [7, 11) is 3.27. The van der Waals surface area contributed by atoms with Crippen molar-refractivity contribution in [2.75, 3.05) is 14.2 Å². The van der Waals surface area contributed by atoms with Crippen LogP contribution in [0.2, 0.25) is 0 Å². The lowest BCUT2D eigenvalue weighted by molar-refractivity contribution is -0.118. The average Bonchev–Trinajstić information content (AvgIpc) is 3.24. The van der Waals surface area contributed by atoms with Crippen molar-refractivity contribution < 1.29 is 19.1 Å². The molecule has 6 nitrogen and oxygen atoms in total. The standard InChI is InChI=1S/C21H20N2O4S/c1-26-15-8-13(9-16(11-15)27-2)12-23-7-6-17-14(4-3-5-18(17)23)10-19-20(24)22-21(25)28-19/h3-9,11,19H,10,12H2,1-2H3,(H,22,24,25). The second-order valence-electron chi connectivity index (χ2n) is 6.60. The third kappa shape index (κ3) is 3.57. The molecule has 2 aromatic carbocycles. The van der Waals surface area contributed by atoms with E-state index in [9.17, 15) is 9.59 Å². The van der Waals surface area contributed by atoms with Crippen LogP contribution in [0.5, 0.6) is 11.5 Å². The second kappa shape index (κ2) is 7.59. The molecule has 1 saturated heterocycles. The molecule has 1 atom stereocenters. The SMILES string of the molecule is COc1cc(Cn2ccc3c(CC4SC(=O)NC4=O)cccc32)cc(OC)c1. The van der Waals surface area contributed by atoms with Gasteiger partial charge in [0, 0.05) is 29.7 Å². The van der Waals surface area contributed by atoms with Gasteiger partial charge in [-0.3, -0.25) is 14.9 Å². The van der Waals surface area contributed by atoms with Gasteiger partial charge < -0.3 is 14.0 Å². The molecule has 0 radical (unpaired) electrons. The van der Waals surface area contributed by atoms with Gasteiger partial charge in [-0.25, -0.2) is 0 Å². The summed E-state index contributed by atoms with van der Waals surface area (Å²) >= 11 is 1.06. The van der Waals surface area contributed by atoms with E-state index in [4.69, 9.17) is 9.47 Å². The summed E-state index contributed by atoms with van der Waals surface area (Å²) in [4.78, 5) is 23.3. The van der Waals surface area contributed by atoms with Crippen molar-refractivity contribution in [3.63, 3.8) is 0 Å². The highest BCUT2D eigenvalue weighted by Gasteiger charge is 2.31. The molecule has 28 heavy (non-hydrogen) atoms. The first-order chi connectivity index (χ1) is 13.6. The third-order valence-electron chi connectivity index (χ3n) is 4.84. The summed E-state index contributed by atoms with van der Waals surface area (Å²) in [5, 5.41) is 2.80. The van der Waals surface area contributed by atoms with Crippen molar-refractivity contribution in [2.45, 2.75) is 18.2 Å². The number of carbonyl (C=O) groups excluding carboxylic acids is 2. The summed E-state index contributed by atoms with van der Waals surface area (Å²) in [6.07, 6.45) is 2.56. The number of nitrogens with one attached hydrogen (secondary N) is 1. The molecule has 0 bridgehead atoms. The fourth-order valence-electron chi connectivity index (χ4n) is 3.48. The number of nitrogens with zero attached hydrogens (tertiary/aromatic N) is 1. The van der Waals surface area contributed by atoms with Gasteiger partial charge in [-0.2, -0.15) is 0 Å². The van der Waals surface area contributed by atoms with Crippen LogP contribution in [-0.2, 0) is 17.8 Å². The van der Waals surface area contributed by atoms with Gasteiger partial charge in [0.2, 0.25) is 5.91 Å². The summed E-state index contributed by atoms with van der Waals surface area (Å²) in [5.41, 5.74) is 3.20. The van der Waals surface area contributed by atoms with E-state index in [0.29, 0.717) is 13.0 Å². The minimum atomic E-state index is -0.371. The molecular weight excluding hydrogens is 376 g/mol. The van der Waals surface area contributed by atoms with Crippen molar-refractivity contribution >= 4 is 33.8 Å². The minimum absolute atomic E-state index is 0.213. The molecule has 1 fully saturated rings. The van der Waals surface area contributed by atoms with Crippen molar-refractivity contribution in [2.24, 2.45) is 0 Å². The molecule has 1 aromatic heterocycles. The zero-order chi connectivity index (χ0) is 19.7. The van der Waals surface area contributed by atoms with Crippen LogP contribution in [0.15, 0.2) is 48.7 Å². The van der Waals surface area contributed by atoms with Gasteiger partial charge in [0.25, 0.3) is 5.24 Å². The normalized spacial score (nSPS) is 16.4. The number of benzene rings is 2. The Morgan fingerprint density at radius 2 is 1.82 bits per heavy atom. The minimum Gasteiger partial charge on any atom is -0.497 e. The maximum absolute atomic E-state index is 11.9. The van der Waals surface area contributed by atoms with Crippen LogP contribution < -0.4 is 14.8 Å². The molecule has 4 rings (SSSR count). The van der Waals surface area contributed by atoms with Gasteiger partial charge >= 0.3 is 0 Å². The molecule has 2 amide bonds. The maximum atomic E-state index is 11.9. The molecule has 1 aliphatic heterocycles. The van der Waals surface area contributed by atoms with E-state index in [1.807, 2.05) is 36.5 Å². The zero-order valence-corrected chi connectivity index (χ0v) is 16.4. The Labute approximate surface area is 166 Å². The van der Waals surface area contributed by atoms with E-state index in [1.54, 1.807) is 14.2 Å². The van der Waals surface area contributed by atoms with E-state index in [0.717, 1.165) is 45.3 Å². The Morgan fingerprint density at radius 3 is 2.46 bits per heavy atom. The number of thioether (sulfide) groups is 1. The molecule has 7 heteroatoms.